The van der Waals surface area contributed by atoms with Gasteiger partial charge in [0.2, 0.25) is 0 Å². The van der Waals surface area contributed by atoms with Crippen molar-refractivity contribution in [3.05, 3.63) is 22.0 Å². The highest BCUT2D eigenvalue weighted by Crippen LogP contribution is 2.54. The standard InChI is InChI=1S/C18H28B2O4S2/c1-15(2)16(3,4)22-19(21-15)13-9-11-12(25-13)10-14(26-11)20-23-17(5,6)18(7,8)24-20/h9-10,13-14H,1-8H3. The fourth-order valence-electron chi connectivity index (χ4n) is 3.33. The first-order chi connectivity index (χ1) is 11.8. The SMILES string of the molecule is CC1(C)OB(C2C=C3SC(B4OC(C)(C)C(C)(C)O4)C=C3S2)OC1(C)C. The van der Waals surface area contributed by atoms with E-state index in [0.29, 0.717) is 0 Å². The Morgan fingerprint density at radius 2 is 0.885 bits per heavy atom. The molecule has 0 radical (unpaired) electrons. The summed E-state index contributed by atoms with van der Waals surface area (Å²) in [4.78, 5) is 2.60. The zero-order valence-electron chi connectivity index (χ0n) is 16.9. The molecule has 0 aliphatic carbocycles. The Bertz CT molecular complexity index is 597. The summed E-state index contributed by atoms with van der Waals surface area (Å²) in [5.41, 5.74) is -1.16. The minimum atomic E-state index is -0.290. The van der Waals surface area contributed by atoms with Gasteiger partial charge in [-0.2, -0.15) is 0 Å². The first kappa shape index (κ1) is 19.5. The molecule has 4 nitrogen and oxygen atoms in total. The van der Waals surface area contributed by atoms with Gasteiger partial charge in [0.05, 0.1) is 32.7 Å². The maximum absolute atomic E-state index is 6.22. The van der Waals surface area contributed by atoms with Crippen LogP contribution in [0.15, 0.2) is 22.0 Å². The molecule has 0 saturated carbocycles. The molecule has 0 N–H and O–H groups in total. The van der Waals surface area contributed by atoms with E-state index in [-0.39, 0.29) is 46.9 Å². The third-order valence-electron chi connectivity index (χ3n) is 6.48. The normalized spacial score (nSPS) is 36.3. The maximum atomic E-state index is 6.22. The van der Waals surface area contributed by atoms with Gasteiger partial charge in [0.15, 0.2) is 0 Å². The van der Waals surface area contributed by atoms with Crippen LogP contribution in [0.25, 0.3) is 0 Å². The van der Waals surface area contributed by atoms with Crippen LogP contribution in [0.5, 0.6) is 0 Å². The summed E-state index contributed by atoms with van der Waals surface area (Å²) in [5, 5.41) is 0.396. The first-order valence-electron chi connectivity index (χ1n) is 9.30. The van der Waals surface area contributed by atoms with Crippen LogP contribution in [0.3, 0.4) is 0 Å². The lowest BCUT2D eigenvalue weighted by Gasteiger charge is -2.32. The van der Waals surface area contributed by atoms with Crippen molar-refractivity contribution in [2.75, 3.05) is 0 Å². The number of thioether (sulfide) groups is 2. The summed E-state index contributed by atoms with van der Waals surface area (Å²) in [6, 6.07) is 0. The van der Waals surface area contributed by atoms with Gasteiger partial charge in [0, 0.05) is 9.81 Å². The highest BCUT2D eigenvalue weighted by Gasteiger charge is 2.57. The molecule has 0 aromatic rings. The molecular formula is C18H28B2O4S2. The van der Waals surface area contributed by atoms with Crippen LogP contribution >= 0.6 is 23.5 Å². The Morgan fingerprint density at radius 1 is 0.615 bits per heavy atom. The van der Waals surface area contributed by atoms with Gasteiger partial charge in [-0.15, -0.1) is 23.5 Å². The van der Waals surface area contributed by atoms with E-state index in [1.165, 1.54) is 9.81 Å². The maximum Gasteiger partial charge on any atom is 0.476 e. The highest BCUT2D eigenvalue weighted by atomic mass is 32.2. The van der Waals surface area contributed by atoms with Gasteiger partial charge < -0.3 is 18.6 Å². The van der Waals surface area contributed by atoms with Crippen LogP contribution in [0, 0.1) is 0 Å². The molecule has 4 heterocycles. The molecular weight excluding hydrogens is 366 g/mol. The Balaban J connectivity index is 1.43. The van der Waals surface area contributed by atoms with Crippen LogP contribution in [-0.2, 0) is 18.6 Å². The van der Waals surface area contributed by atoms with Crippen LogP contribution in [-0.4, -0.2) is 46.9 Å². The highest BCUT2D eigenvalue weighted by molar-refractivity contribution is 8.11. The van der Waals surface area contributed by atoms with Gasteiger partial charge in [-0.25, -0.2) is 0 Å². The van der Waals surface area contributed by atoms with Crippen LogP contribution in [0.2, 0.25) is 0 Å². The number of fused-ring (bicyclic) bond motifs is 1. The fraction of sp³-hybridized carbons (Fsp3) is 0.778. The quantitative estimate of drug-likeness (QED) is 0.652. The summed E-state index contributed by atoms with van der Waals surface area (Å²) >= 11 is 3.66. The molecule has 2 fully saturated rings. The van der Waals surface area contributed by atoms with E-state index in [4.69, 9.17) is 18.6 Å². The minimum absolute atomic E-state index is 0.198. The molecule has 2 saturated heterocycles. The van der Waals surface area contributed by atoms with Crippen LogP contribution in [0.4, 0.5) is 0 Å². The van der Waals surface area contributed by atoms with Crippen molar-refractivity contribution in [1.82, 2.24) is 0 Å². The fourth-order valence-corrected chi connectivity index (χ4v) is 6.05. The second kappa shape index (κ2) is 5.83. The molecule has 142 valence electrons. The molecule has 8 heteroatoms. The van der Waals surface area contributed by atoms with Gasteiger partial charge in [0.1, 0.15) is 0 Å². The average Bonchev–Trinajstić information content (AvgIpc) is 3.11. The lowest BCUT2D eigenvalue weighted by molar-refractivity contribution is 0.00578. The summed E-state index contributed by atoms with van der Waals surface area (Å²) in [6.45, 7) is 16.8. The van der Waals surface area contributed by atoms with Crippen molar-refractivity contribution < 1.29 is 18.6 Å². The molecule has 0 amide bonds. The van der Waals surface area contributed by atoms with E-state index in [1.807, 2.05) is 23.5 Å². The van der Waals surface area contributed by atoms with E-state index < -0.39 is 0 Å². The zero-order chi connectivity index (χ0) is 19.1. The Hall–Kier alpha value is 0.150. The summed E-state index contributed by atoms with van der Waals surface area (Å²) in [6.07, 6.45) is 4.57. The monoisotopic (exact) mass is 394 g/mol. The van der Waals surface area contributed by atoms with E-state index in [9.17, 15) is 0 Å². The molecule has 0 bridgehead atoms. The summed E-state index contributed by atoms with van der Waals surface area (Å²) < 4.78 is 24.9. The molecule has 4 aliphatic heterocycles. The molecule has 2 unspecified atom stereocenters. The van der Waals surface area contributed by atoms with Crippen LogP contribution in [0.1, 0.15) is 55.4 Å². The van der Waals surface area contributed by atoms with Crippen molar-refractivity contribution >= 4 is 37.8 Å². The third kappa shape index (κ3) is 2.96. The molecule has 4 aliphatic rings. The molecule has 0 spiro atoms. The zero-order valence-corrected chi connectivity index (χ0v) is 18.5. The first-order valence-corrected chi connectivity index (χ1v) is 11.1. The number of hydrogen-bond acceptors (Lipinski definition) is 6. The largest absolute Gasteiger partial charge is 0.476 e. The molecule has 0 aromatic heterocycles. The lowest BCUT2D eigenvalue weighted by atomic mass is 9.83. The molecule has 0 aromatic carbocycles. The van der Waals surface area contributed by atoms with Crippen molar-refractivity contribution in [2.24, 2.45) is 0 Å². The third-order valence-corrected chi connectivity index (χ3v) is 9.09. The van der Waals surface area contributed by atoms with E-state index >= 15 is 0 Å². The molecule has 4 rings (SSSR count). The average molecular weight is 394 g/mol. The molecule has 2 atom stereocenters. The Labute approximate surface area is 166 Å². The van der Waals surface area contributed by atoms with Gasteiger partial charge in [-0.3, -0.25) is 0 Å². The van der Waals surface area contributed by atoms with Gasteiger partial charge in [-0.1, -0.05) is 12.2 Å². The van der Waals surface area contributed by atoms with Crippen molar-refractivity contribution in [3.63, 3.8) is 0 Å². The summed E-state index contributed by atoms with van der Waals surface area (Å²) in [7, 11) is -0.417. The van der Waals surface area contributed by atoms with Crippen LogP contribution < -0.4 is 0 Å². The Morgan fingerprint density at radius 3 is 1.15 bits per heavy atom. The van der Waals surface area contributed by atoms with Crippen molar-refractivity contribution in [2.45, 2.75) is 88.1 Å². The lowest BCUT2D eigenvalue weighted by Crippen LogP contribution is -2.41. The second-order valence-corrected chi connectivity index (χ2v) is 11.9. The second-order valence-electron chi connectivity index (χ2n) is 9.48. The van der Waals surface area contributed by atoms with E-state index in [1.54, 1.807) is 0 Å². The number of rotatable bonds is 2. The minimum Gasteiger partial charge on any atom is -0.402 e. The van der Waals surface area contributed by atoms with Crippen molar-refractivity contribution in [1.29, 1.82) is 0 Å². The van der Waals surface area contributed by atoms with Gasteiger partial charge in [0.25, 0.3) is 0 Å². The Kier molecular flexibility index (Phi) is 4.37. The topological polar surface area (TPSA) is 36.9 Å². The predicted molar refractivity (Wildman–Crippen MR) is 111 cm³/mol. The number of hydrogen-bond donors (Lipinski definition) is 0. The van der Waals surface area contributed by atoms with E-state index in [2.05, 4.69) is 67.5 Å². The van der Waals surface area contributed by atoms with Crippen molar-refractivity contribution in [3.8, 4) is 0 Å². The van der Waals surface area contributed by atoms with Gasteiger partial charge >= 0.3 is 14.2 Å². The predicted octanol–water partition coefficient (Wildman–Crippen LogP) is 4.25. The molecule has 26 heavy (non-hydrogen) atoms. The van der Waals surface area contributed by atoms with E-state index in [0.717, 1.165) is 0 Å². The summed E-state index contributed by atoms with van der Waals surface area (Å²) in [5.74, 6) is 0. The van der Waals surface area contributed by atoms with Gasteiger partial charge in [-0.05, 0) is 55.4 Å². The smallest absolute Gasteiger partial charge is 0.402 e.